The molecule has 0 bridgehead atoms. The first-order chi connectivity index (χ1) is 15.3. The largest absolute Gasteiger partial charge is 0.476 e. The fourth-order valence-corrected chi connectivity index (χ4v) is 4.36. The lowest BCUT2D eigenvalue weighted by molar-refractivity contribution is 0.0685. The summed E-state index contributed by atoms with van der Waals surface area (Å²) >= 11 is 0. The molecule has 160 valence electrons. The number of pyridine rings is 1. The van der Waals surface area contributed by atoms with Crippen LogP contribution < -0.4 is 0 Å². The fourth-order valence-electron chi connectivity index (χ4n) is 4.36. The minimum absolute atomic E-state index is 0.0215. The van der Waals surface area contributed by atoms with Crippen LogP contribution in [-0.4, -0.2) is 26.8 Å². The summed E-state index contributed by atoms with van der Waals surface area (Å²) in [5.74, 6) is -2.62. The Morgan fingerprint density at radius 1 is 1.12 bits per heavy atom. The average molecular weight is 431 g/mol. The normalized spacial score (nSPS) is 12.7. The lowest BCUT2D eigenvalue weighted by atomic mass is 9.96. The van der Waals surface area contributed by atoms with Crippen molar-refractivity contribution in [3.8, 4) is 16.8 Å². The summed E-state index contributed by atoms with van der Waals surface area (Å²) in [6.45, 7) is 4.62. The lowest BCUT2D eigenvalue weighted by Gasteiger charge is -2.16. The van der Waals surface area contributed by atoms with E-state index in [9.17, 15) is 18.7 Å². The number of hydrogen-bond acceptors (Lipinski definition) is 3. The summed E-state index contributed by atoms with van der Waals surface area (Å²) in [6.07, 6.45) is 3.22. The van der Waals surface area contributed by atoms with Gasteiger partial charge >= 0.3 is 5.97 Å². The van der Waals surface area contributed by atoms with Gasteiger partial charge in [-0.15, -0.1) is 0 Å². The van der Waals surface area contributed by atoms with Gasteiger partial charge in [-0.3, -0.25) is 4.99 Å². The second-order valence-electron chi connectivity index (χ2n) is 8.12. The van der Waals surface area contributed by atoms with Crippen LogP contribution in [0.4, 0.5) is 8.78 Å². The van der Waals surface area contributed by atoms with E-state index in [0.29, 0.717) is 12.1 Å². The summed E-state index contributed by atoms with van der Waals surface area (Å²) < 4.78 is 30.3. The summed E-state index contributed by atoms with van der Waals surface area (Å²) in [4.78, 5) is 19.5. The maximum absolute atomic E-state index is 14.6. The van der Waals surface area contributed by atoms with Gasteiger partial charge in [0, 0.05) is 40.3 Å². The Labute approximate surface area is 182 Å². The highest BCUT2D eigenvalue weighted by Gasteiger charge is 2.25. The number of aromatic carboxylic acids is 1. The van der Waals surface area contributed by atoms with E-state index < -0.39 is 17.5 Å². The van der Waals surface area contributed by atoms with E-state index in [1.807, 2.05) is 36.8 Å². The summed E-state index contributed by atoms with van der Waals surface area (Å²) in [6, 6.07) is 11.5. The molecule has 0 aliphatic carbocycles. The molecule has 0 saturated carbocycles. The average Bonchev–Trinajstić information content (AvgIpc) is 3.34. The van der Waals surface area contributed by atoms with Crippen LogP contribution in [0, 0.1) is 11.6 Å². The van der Waals surface area contributed by atoms with Gasteiger partial charge in [-0.25, -0.2) is 18.6 Å². The van der Waals surface area contributed by atoms with Crippen LogP contribution in [0.3, 0.4) is 0 Å². The summed E-state index contributed by atoms with van der Waals surface area (Å²) in [7, 11) is 0. The highest BCUT2D eigenvalue weighted by atomic mass is 19.1. The number of carboxylic acid groups (broad SMARTS) is 1. The predicted octanol–water partition coefficient (Wildman–Crippen LogP) is 5.72. The van der Waals surface area contributed by atoms with Crippen molar-refractivity contribution in [2.45, 2.75) is 26.3 Å². The first-order valence-electron chi connectivity index (χ1n) is 10.2. The highest BCUT2D eigenvalue weighted by molar-refractivity contribution is 6.03. The van der Waals surface area contributed by atoms with Gasteiger partial charge in [-0.2, -0.15) is 0 Å². The quantitative estimate of drug-likeness (QED) is 0.449. The van der Waals surface area contributed by atoms with Gasteiger partial charge in [0.05, 0.1) is 12.1 Å². The van der Waals surface area contributed by atoms with Crippen LogP contribution in [0.25, 0.3) is 27.7 Å². The predicted molar refractivity (Wildman–Crippen MR) is 119 cm³/mol. The molecule has 3 heterocycles. The number of fused-ring (bicyclic) bond motifs is 2. The van der Waals surface area contributed by atoms with Crippen molar-refractivity contribution >= 4 is 23.1 Å². The minimum atomic E-state index is -1.41. The van der Waals surface area contributed by atoms with Crippen molar-refractivity contribution in [3.63, 3.8) is 0 Å². The summed E-state index contributed by atoms with van der Waals surface area (Å²) in [5, 5.41) is 10.1. The van der Waals surface area contributed by atoms with Gasteiger partial charge in [-0.1, -0.05) is 13.8 Å². The van der Waals surface area contributed by atoms with Crippen molar-refractivity contribution in [2.24, 2.45) is 4.99 Å². The van der Waals surface area contributed by atoms with E-state index in [-0.39, 0.29) is 11.7 Å². The Kier molecular flexibility index (Phi) is 4.62. The third kappa shape index (κ3) is 3.09. The molecule has 2 aromatic carbocycles. The van der Waals surface area contributed by atoms with E-state index >= 15 is 0 Å². The van der Waals surface area contributed by atoms with E-state index in [0.717, 1.165) is 39.0 Å². The SMILES string of the molecule is CC(C)c1c(-c2cnc(C(=O)O)c(F)c2)c2cc3c(cc2n1-c1ccc(F)cc1)C=NC3. The van der Waals surface area contributed by atoms with E-state index in [4.69, 9.17) is 0 Å². The van der Waals surface area contributed by atoms with Crippen molar-refractivity contribution in [2.75, 3.05) is 0 Å². The van der Waals surface area contributed by atoms with Gasteiger partial charge in [0.15, 0.2) is 11.5 Å². The van der Waals surface area contributed by atoms with E-state index in [2.05, 4.69) is 9.98 Å². The van der Waals surface area contributed by atoms with Crippen molar-refractivity contribution in [3.05, 3.63) is 82.8 Å². The monoisotopic (exact) mass is 431 g/mol. The standard InChI is InChI=1S/C25H19F2N3O2/c1-13(2)24-22(16-8-20(27)23(25(31)32)29-12-16)19-7-14-10-28-11-15(14)9-21(19)30(24)18-5-3-17(26)4-6-18/h3-9,11-13H,10H2,1-2H3,(H,31,32). The Morgan fingerprint density at radius 3 is 2.53 bits per heavy atom. The van der Waals surface area contributed by atoms with Crippen LogP contribution in [0.2, 0.25) is 0 Å². The molecule has 0 amide bonds. The maximum atomic E-state index is 14.6. The fraction of sp³-hybridized carbons (Fsp3) is 0.160. The molecule has 0 atom stereocenters. The van der Waals surface area contributed by atoms with Gasteiger partial charge in [-0.05, 0) is 59.5 Å². The number of aliphatic imine (C=N–C) groups is 1. The van der Waals surface area contributed by atoms with Crippen LogP contribution in [-0.2, 0) is 6.54 Å². The highest BCUT2D eigenvalue weighted by Crippen LogP contribution is 2.42. The molecule has 2 aromatic heterocycles. The Bertz CT molecular complexity index is 1420. The second kappa shape index (κ2) is 7.37. The number of carbonyl (C=O) groups is 1. The molecule has 0 saturated heterocycles. The lowest BCUT2D eigenvalue weighted by Crippen LogP contribution is -2.05. The van der Waals surface area contributed by atoms with Crippen molar-refractivity contribution in [1.29, 1.82) is 0 Å². The number of aromatic nitrogens is 2. The number of halogens is 2. The van der Waals surface area contributed by atoms with Crippen molar-refractivity contribution < 1.29 is 18.7 Å². The molecule has 32 heavy (non-hydrogen) atoms. The molecular weight excluding hydrogens is 412 g/mol. The molecule has 0 fully saturated rings. The minimum Gasteiger partial charge on any atom is -0.476 e. The van der Waals surface area contributed by atoms with E-state index in [1.165, 1.54) is 24.4 Å². The van der Waals surface area contributed by atoms with Crippen LogP contribution >= 0.6 is 0 Å². The smallest absolute Gasteiger partial charge is 0.357 e. The molecule has 4 aromatic rings. The molecule has 0 radical (unpaired) electrons. The number of rotatable bonds is 4. The van der Waals surface area contributed by atoms with Crippen molar-refractivity contribution in [1.82, 2.24) is 9.55 Å². The molecular formula is C25H19F2N3O2. The molecule has 1 aliphatic heterocycles. The summed E-state index contributed by atoms with van der Waals surface area (Å²) in [5.41, 5.74) is 5.26. The molecule has 1 N–H and O–H groups in total. The van der Waals surface area contributed by atoms with Gasteiger partial charge < -0.3 is 9.67 Å². The third-order valence-corrected chi connectivity index (χ3v) is 5.72. The van der Waals surface area contributed by atoms with Crippen LogP contribution in [0.15, 0.2) is 53.7 Å². The molecule has 0 spiro atoms. The Hall–Kier alpha value is -3.87. The Morgan fingerprint density at radius 2 is 1.88 bits per heavy atom. The second-order valence-corrected chi connectivity index (χ2v) is 8.12. The zero-order valence-corrected chi connectivity index (χ0v) is 17.4. The molecule has 1 aliphatic rings. The molecule has 5 rings (SSSR count). The number of benzene rings is 2. The van der Waals surface area contributed by atoms with E-state index in [1.54, 1.807) is 12.1 Å². The third-order valence-electron chi connectivity index (χ3n) is 5.72. The zero-order valence-electron chi connectivity index (χ0n) is 17.4. The van der Waals surface area contributed by atoms with Crippen LogP contribution in [0.5, 0.6) is 0 Å². The van der Waals surface area contributed by atoms with Gasteiger partial charge in [0.25, 0.3) is 0 Å². The van der Waals surface area contributed by atoms with Gasteiger partial charge in [0.2, 0.25) is 0 Å². The first kappa shape index (κ1) is 20.1. The maximum Gasteiger partial charge on any atom is 0.357 e. The van der Waals surface area contributed by atoms with Gasteiger partial charge in [0.1, 0.15) is 5.82 Å². The molecule has 0 unspecified atom stereocenters. The van der Waals surface area contributed by atoms with Crippen LogP contribution in [0.1, 0.15) is 47.1 Å². The zero-order chi connectivity index (χ0) is 22.6. The Balaban J connectivity index is 1.89. The number of hydrogen-bond donors (Lipinski definition) is 1. The molecule has 7 heteroatoms. The first-order valence-corrected chi connectivity index (χ1v) is 10.2. The number of nitrogens with zero attached hydrogens (tertiary/aromatic N) is 3. The number of carboxylic acids is 1. The topological polar surface area (TPSA) is 67.5 Å². The molecule has 5 nitrogen and oxygen atoms in total.